The molecule has 0 saturated heterocycles. The van der Waals surface area contributed by atoms with E-state index in [4.69, 9.17) is 8.85 Å². The van der Waals surface area contributed by atoms with Gasteiger partial charge < -0.3 is 8.85 Å². The lowest BCUT2D eigenvalue weighted by Gasteiger charge is -2.11. The summed E-state index contributed by atoms with van der Waals surface area (Å²) in [5, 5.41) is 0. The molecule has 0 amide bonds. The summed E-state index contributed by atoms with van der Waals surface area (Å²) in [6, 6.07) is 0. The van der Waals surface area contributed by atoms with Gasteiger partial charge in [0.2, 0.25) is 0 Å². The van der Waals surface area contributed by atoms with Gasteiger partial charge in [-0.1, -0.05) is 19.5 Å². The highest BCUT2D eigenvalue weighted by atomic mass is 28.3. The second-order valence-corrected chi connectivity index (χ2v) is 4.22. The minimum atomic E-state index is -1.48. The first-order valence-electron chi connectivity index (χ1n) is 4.20. The highest BCUT2D eigenvalue weighted by Gasteiger charge is 2.05. The zero-order valence-electron chi connectivity index (χ0n) is 7.51. The first-order valence-corrected chi connectivity index (χ1v) is 5.81. The third-order valence-electron chi connectivity index (χ3n) is 1.16. The fraction of sp³-hybridized carbons (Fsp3) is 0.750. The number of hydrogen-bond donors (Lipinski definition) is 0. The monoisotopic (exact) mass is 174 g/mol. The Bertz CT molecular complexity index is 88.1. The first-order chi connectivity index (χ1) is 5.35. The quantitative estimate of drug-likeness (QED) is 0.548. The molecule has 0 N–H and O–H groups in total. The van der Waals surface area contributed by atoms with Crippen molar-refractivity contribution in [3.63, 3.8) is 0 Å². The maximum absolute atomic E-state index is 5.44. The smallest absolute Gasteiger partial charge is 0.347 e. The van der Waals surface area contributed by atoms with Crippen LogP contribution in [0.4, 0.5) is 0 Å². The van der Waals surface area contributed by atoms with Gasteiger partial charge in [0.05, 0.1) is 0 Å². The molecule has 0 aliphatic heterocycles. The normalized spacial score (nSPS) is 10.5. The Morgan fingerprint density at radius 3 is 1.91 bits per heavy atom. The van der Waals surface area contributed by atoms with Crippen LogP contribution in [0.5, 0.6) is 0 Å². The Morgan fingerprint density at radius 1 is 1.18 bits per heavy atom. The summed E-state index contributed by atoms with van der Waals surface area (Å²) in [4.78, 5) is 0. The average molecular weight is 174 g/mol. The van der Waals surface area contributed by atoms with Crippen LogP contribution in [0.25, 0.3) is 0 Å². The first kappa shape index (κ1) is 10.9. The summed E-state index contributed by atoms with van der Waals surface area (Å²) in [5.41, 5.74) is 1.82. The van der Waals surface area contributed by atoms with Crippen molar-refractivity contribution in [3.8, 4) is 0 Å². The van der Waals surface area contributed by atoms with E-state index in [0.717, 1.165) is 26.1 Å². The standard InChI is InChI=1S/C8H18O2Si/c1-4-7-9-11(6-3)10-8-5-2/h6,11H,3-5,7-8H2,1-2H3. The topological polar surface area (TPSA) is 18.5 Å². The second kappa shape index (κ2) is 7.98. The maximum Gasteiger partial charge on any atom is 0.347 e. The average Bonchev–Trinajstić information content (AvgIpc) is 2.05. The Kier molecular flexibility index (Phi) is 7.89. The zero-order valence-corrected chi connectivity index (χ0v) is 8.66. The van der Waals surface area contributed by atoms with Crippen molar-refractivity contribution in [2.75, 3.05) is 13.2 Å². The van der Waals surface area contributed by atoms with Gasteiger partial charge in [0.15, 0.2) is 0 Å². The van der Waals surface area contributed by atoms with E-state index in [2.05, 4.69) is 20.4 Å². The maximum atomic E-state index is 5.44. The van der Waals surface area contributed by atoms with Crippen LogP contribution in [0.2, 0.25) is 0 Å². The summed E-state index contributed by atoms with van der Waals surface area (Å²) in [6.45, 7) is 9.46. The van der Waals surface area contributed by atoms with E-state index >= 15 is 0 Å². The molecule has 0 bridgehead atoms. The highest BCUT2D eigenvalue weighted by Crippen LogP contribution is 1.93. The molecule has 0 spiro atoms. The molecule has 11 heavy (non-hydrogen) atoms. The van der Waals surface area contributed by atoms with Gasteiger partial charge in [0.25, 0.3) is 0 Å². The fourth-order valence-electron chi connectivity index (χ4n) is 0.652. The Balaban J connectivity index is 3.33. The zero-order chi connectivity index (χ0) is 8.53. The van der Waals surface area contributed by atoms with E-state index in [9.17, 15) is 0 Å². The summed E-state index contributed by atoms with van der Waals surface area (Å²) < 4.78 is 10.9. The molecule has 0 unspecified atom stereocenters. The SMILES string of the molecule is C=C[SiH](OCCC)OCCC. The Hall–Kier alpha value is -0.123. The van der Waals surface area contributed by atoms with Crippen molar-refractivity contribution in [1.29, 1.82) is 0 Å². The molecule has 0 saturated carbocycles. The van der Waals surface area contributed by atoms with Crippen molar-refractivity contribution >= 4 is 9.28 Å². The number of rotatable bonds is 7. The van der Waals surface area contributed by atoms with Gasteiger partial charge in [-0.3, -0.25) is 0 Å². The molecular formula is C8H18O2Si. The van der Waals surface area contributed by atoms with Gasteiger partial charge in [-0.05, 0) is 12.8 Å². The molecule has 0 heterocycles. The van der Waals surface area contributed by atoms with Gasteiger partial charge >= 0.3 is 9.28 Å². The van der Waals surface area contributed by atoms with Crippen LogP contribution in [0, 0.1) is 0 Å². The lowest BCUT2D eigenvalue weighted by atomic mass is 10.5. The second-order valence-electron chi connectivity index (χ2n) is 2.35. The van der Waals surface area contributed by atoms with Crippen LogP contribution in [0.3, 0.4) is 0 Å². The molecule has 3 heteroatoms. The molecule has 0 atom stereocenters. The molecule has 0 radical (unpaired) electrons. The van der Waals surface area contributed by atoms with E-state index < -0.39 is 9.28 Å². The minimum Gasteiger partial charge on any atom is -0.394 e. The van der Waals surface area contributed by atoms with Crippen molar-refractivity contribution in [2.24, 2.45) is 0 Å². The predicted molar refractivity (Wildman–Crippen MR) is 49.8 cm³/mol. The number of hydrogen-bond acceptors (Lipinski definition) is 2. The Morgan fingerprint density at radius 2 is 1.64 bits per heavy atom. The van der Waals surface area contributed by atoms with Gasteiger partial charge in [-0.25, -0.2) is 0 Å². The van der Waals surface area contributed by atoms with E-state index in [1.165, 1.54) is 0 Å². The van der Waals surface area contributed by atoms with Gasteiger partial charge in [0, 0.05) is 13.2 Å². The molecule has 0 aliphatic carbocycles. The third-order valence-corrected chi connectivity index (χ3v) is 2.68. The van der Waals surface area contributed by atoms with Crippen molar-refractivity contribution in [2.45, 2.75) is 26.7 Å². The molecule has 0 aromatic heterocycles. The highest BCUT2D eigenvalue weighted by molar-refractivity contribution is 6.50. The van der Waals surface area contributed by atoms with Crippen molar-refractivity contribution in [3.05, 3.63) is 12.3 Å². The lowest BCUT2D eigenvalue weighted by Crippen LogP contribution is -2.21. The van der Waals surface area contributed by atoms with E-state index in [1.807, 2.05) is 5.70 Å². The van der Waals surface area contributed by atoms with E-state index in [1.54, 1.807) is 0 Å². The van der Waals surface area contributed by atoms with Crippen LogP contribution >= 0.6 is 0 Å². The van der Waals surface area contributed by atoms with E-state index in [0.29, 0.717) is 0 Å². The predicted octanol–water partition coefficient (Wildman–Crippen LogP) is 1.79. The molecule has 0 fully saturated rings. The molecule has 2 nitrogen and oxygen atoms in total. The van der Waals surface area contributed by atoms with Crippen LogP contribution < -0.4 is 0 Å². The molecular weight excluding hydrogens is 156 g/mol. The molecule has 0 rings (SSSR count). The van der Waals surface area contributed by atoms with Gasteiger partial charge in [-0.2, -0.15) is 0 Å². The Labute approximate surface area is 71.1 Å². The van der Waals surface area contributed by atoms with Crippen molar-refractivity contribution < 1.29 is 8.85 Å². The third kappa shape index (κ3) is 6.28. The molecule has 0 aliphatic rings. The lowest BCUT2D eigenvalue weighted by molar-refractivity contribution is 0.206. The summed E-state index contributed by atoms with van der Waals surface area (Å²) in [7, 11) is -1.48. The minimum absolute atomic E-state index is 0.798. The van der Waals surface area contributed by atoms with Gasteiger partial charge in [-0.15, -0.1) is 6.58 Å². The van der Waals surface area contributed by atoms with Crippen LogP contribution in [0.1, 0.15) is 26.7 Å². The van der Waals surface area contributed by atoms with E-state index in [-0.39, 0.29) is 0 Å². The van der Waals surface area contributed by atoms with Crippen LogP contribution in [0.15, 0.2) is 12.3 Å². The fourth-order valence-corrected chi connectivity index (χ4v) is 1.96. The molecule has 66 valence electrons. The molecule has 0 aromatic carbocycles. The van der Waals surface area contributed by atoms with Crippen molar-refractivity contribution in [1.82, 2.24) is 0 Å². The summed E-state index contributed by atoms with van der Waals surface area (Å²) >= 11 is 0. The summed E-state index contributed by atoms with van der Waals surface area (Å²) in [5.74, 6) is 0. The van der Waals surface area contributed by atoms with Gasteiger partial charge in [0.1, 0.15) is 0 Å². The summed E-state index contributed by atoms with van der Waals surface area (Å²) in [6.07, 6.45) is 2.10. The van der Waals surface area contributed by atoms with Crippen LogP contribution in [-0.2, 0) is 8.85 Å². The largest absolute Gasteiger partial charge is 0.394 e. The van der Waals surface area contributed by atoms with Crippen LogP contribution in [-0.4, -0.2) is 22.5 Å². The molecule has 0 aromatic rings.